The van der Waals surface area contributed by atoms with Crippen molar-refractivity contribution in [2.45, 2.75) is 27.7 Å². The molecule has 4 heteroatoms. The van der Waals surface area contributed by atoms with E-state index in [1.165, 1.54) is 6.07 Å². The van der Waals surface area contributed by atoms with Gasteiger partial charge in [0, 0.05) is 12.1 Å². The lowest BCUT2D eigenvalue weighted by molar-refractivity contribution is 0.0696. The van der Waals surface area contributed by atoms with Crippen molar-refractivity contribution in [3.05, 3.63) is 34.9 Å². The summed E-state index contributed by atoms with van der Waals surface area (Å²) in [4.78, 5) is 22.8. The van der Waals surface area contributed by atoms with Gasteiger partial charge in [0.05, 0.1) is 5.56 Å². The third-order valence-corrected chi connectivity index (χ3v) is 2.37. The lowest BCUT2D eigenvalue weighted by atomic mass is 9.96. The van der Waals surface area contributed by atoms with Crippen molar-refractivity contribution in [3.8, 4) is 0 Å². The molecule has 0 bridgehead atoms. The highest BCUT2D eigenvalue weighted by Crippen LogP contribution is 2.13. The highest BCUT2D eigenvalue weighted by molar-refractivity contribution is 5.97. The number of carboxylic acid groups (broad SMARTS) is 1. The molecule has 0 fully saturated rings. The minimum Gasteiger partial charge on any atom is -0.478 e. The number of amides is 1. The third kappa shape index (κ3) is 4.20. The molecule has 18 heavy (non-hydrogen) atoms. The van der Waals surface area contributed by atoms with Crippen molar-refractivity contribution in [2.24, 2.45) is 5.41 Å². The molecule has 1 rings (SSSR count). The van der Waals surface area contributed by atoms with E-state index in [1.54, 1.807) is 19.1 Å². The predicted molar refractivity (Wildman–Crippen MR) is 69.9 cm³/mol. The smallest absolute Gasteiger partial charge is 0.335 e. The Morgan fingerprint density at radius 1 is 1.17 bits per heavy atom. The number of hydrogen-bond acceptors (Lipinski definition) is 2. The molecule has 1 amide bonds. The van der Waals surface area contributed by atoms with Crippen molar-refractivity contribution in [1.29, 1.82) is 0 Å². The summed E-state index contributed by atoms with van der Waals surface area (Å²) in [6, 6.07) is 4.63. The molecule has 0 aromatic heterocycles. The van der Waals surface area contributed by atoms with Gasteiger partial charge in [-0.2, -0.15) is 0 Å². The topological polar surface area (TPSA) is 66.4 Å². The molecule has 2 N–H and O–H groups in total. The Hall–Kier alpha value is -1.84. The van der Waals surface area contributed by atoms with Gasteiger partial charge >= 0.3 is 5.97 Å². The minimum absolute atomic E-state index is 0.00485. The van der Waals surface area contributed by atoms with Crippen LogP contribution in [0.2, 0.25) is 0 Å². The minimum atomic E-state index is -1.02. The van der Waals surface area contributed by atoms with Crippen LogP contribution in [0.15, 0.2) is 18.2 Å². The summed E-state index contributed by atoms with van der Waals surface area (Å²) in [5.74, 6) is -1.26. The fourth-order valence-corrected chi connectivity index (χ4v) is 1.49. The van der Waals surface area contributed by atoms with Crippen molar-refractivity contribution < 1.29 is 14.7 Å². The highest BCUT2D eigenvalue weighted by Gasteiger charge is 2.14. The average molecular weight is 249 g/mol. The molecule has 1 aromatic carbocycles. The maximum absolute atomic E-state index is 11.9. The van der Waals surface area contributed by atoms with Gasteiger partial charge in [-0.25, -0.2) is 4.79 Å². The average Bonchev–Trinajstić information content (AvgIpc) is 2.23. The fourth-order valence-electron chi connectivity index (χ4n) is 1.49. The van der Waals surface area contributed by atoms with Crippen LogP contribution in [0.4, 0.5) is 0 Å². The molecule has 0 heterocycles. The Kier molecular flexibility index (Phi) is 4.11. The Morgan fingerprint density at radius 2 is 1.72 bits per heavy atom. The first kappa shape index (κ1) is 14.2. The van der Waals surface area contributed by atoms with Gasteiger partial charge in [0.25, 0.3) is 5.91 Å². The molecule has 0 radical (unpaired) electrons. The zero-order chi connectivity index (χ0) is 13.9. The van der Waals surface area contributed by atoms with Gasteiger partial charge < -0.3 is 10.4 Å². The Labute approximate surface area is 107 Å². The summed E-state index contributed by atoms with van der Waals surface area (Å²) >= 11 is 0. The quantitative estimate of drug-likeness (QED) is 0.864. The Balaban J connectivity index is 2.89. The summed E-state index contributed by atoms with van der Waals surface area (Å²) in [5, 5.41) is 11.7. The van der Waals surface area contributed by atoms with Crippen LogP contribution in [-0.4, -0.2) is 23.5 Å². The third-order valence-electron chi connectivity index (χ3n) is 2.37. The van der Waals surface area contributed by atoms with Crippen molar-refractivity contribution in [3.63, 3.8) is 0 Å². The first-order chi connectivity index (χ1) is 8.19. The van der Waals surface area contributed by atoms with Crippen LogP contribution < -0.4 is 5.32 Å². The summed E-state index contributed by atoms with van der Waals surface area (Å²) in [6.45, 7) is 8.37. The molecular formula is C14H19NO3. The van der Waals surface area contributed by atoms with Gasteiger partial charge in [-0.1, -0.05) is 20.8 Å². The maximum atomic E-state index is 11.9. The van der Waals surface area contributed by atoms with Crippen molar-refractivity contribution in [1.82, 2.24) is 5.32 Å². The molecule has 0 unspecified atom stereocenters. The standard InChI is InChI=1S/C14H19NO3/c1-9-5-10(7-11(6-9)13(17)18)12(16)15-8-14(2,3)4/h5-7H,8H2,1-4H3,(H,15,16)(H,17,18). The van der Waals surface area contributed by atoms with Crippen LogP contribution in [-0.2, 0) is 0 Å². The zero-order valence-electron chi connectivity index (χ0n) is 11.2. The summed E-state index contributed by atoms with van der Waals surface area (Å²) in [7, 11) is 0. The second kappa shape index (κ2) is 5.21. The molecule has 0 saturated heterocycles. The second-order valence-corrected chi connectivity index (χ2v) is 5.64. The maximum Gasteiger partial charge on any atom is 0.335 e. The monoisotopic (exact) mass is 249 g/mol. The molecule has 0 saturated carbocycles. The van der Waals surface area contributed by atoms with Crippen molar-refractivity contribution in [2.75, 3.05) is 6.54 Å². The van der Waals surface area contributed by atoms with Gasteiger partial charge in [0.1, 0.15) is 0 Å². The van der Waals surface area contributed by atoms with E-state index < -0.39 is 5.97 Å². The molecule has 0 aliphatic rings. The number of benzene rings is 1. The molecule has 4 nitrogen and oxygen atoms in total. The number of hydrogen-bond donors (Lipinski definition) is 2. The van der Waals surface area contributed by atoms with Crippen LogP contribution in [0.5, 0.6) is 0 Å². The van der Waals surface area contributed by atoms with Crippen LogP contribution in [0.1, 0.15) is 47.1 Å². The number of carbonyl (C=O) groups excluding carboxylic acids is 1. The number of aryl methyl sites for hydroxylation is 1. The van der Waals surface area contributed by atoms with Crippen LogP contribution in [0, 0.1) is 12.3 Å². The van der Waals surface area contributed by atoms with E-state index in [-0.39, 0.29) is 16.9 Å². The lowest BCUT2D eigenvalue weighted by Crippen LogP contribution is -2.32. The van der Waals surface area contributed by atoms with Gasteiger partial charge in [0.2, 0.25) is 0 Å². The van der Waals surface area contributed by atoms with Gasteiger partial charge in [-0.15, -0.1) is 0 Å². The van der Waals surface area contributed by atoms with Crippen LogP contribution in [0.3, 0.4) is 0 Å². The van der Waals surface area contributed by atoms with E-state index in [1.807, 2.05) is 20.8 Å². The predicted octanol–water partition coefficient (Wildman–Crippen LogP) is 2.47. The Bertz CT molecular complexity index is 472. The lowest BCUT2D eigenvalue weighted by Gasteiger charge is -2.18. The molecule has 98 valence electrons. The normalized spacial score (nSPS) is 11.1. The first-order valence-electron chi connectivity index (χ1n) is 5.82. The van der Waals surface area contributed by atoms with E-state index in [9.17, 15) is 9.59 Å². The molecular weight excluding hydrogens is 230 g/mol. The van der Waals surface area contributed by atoms with E-state index in [4.69, 9.17) is 5.11 Å². The number of nitrogens with one attached hydrogen (secondary N) is 1. The fraction of sp³-hybridized carbons (Fsp3) is 0.429. The number of carboxylic acids is 1. The molecule has 0 aliphatic carbocycles. The van der Waals surface area contributed by atoms with Gasteiger partial charge in [0.15, 0.2) is 0 Å². The van der Waals surface area contributed by atoms with E-state index in [0.717, 1.165) is 5.56 Å². The molecule has 0 aliphatic heterocycles. The van der Waals surface area contributed by atoms with Crippen LogP contribution in [0.25, 0.3) is 0 Å². The summed E-state index contributed by atoms with van der Waals surface area (Å²) < 4.78 is 0. The van der Waals surface area contributed by atoms with E-state index in [0.29, 0.717) is 12.1 Å². The number of rotatable bonds is 3. The number of carbonyl (C=O) groups is 2. The first-order valence-corrected chi connectivity index (χ1v) is 5.82. The van der Waals surface area contributed by atoms with Gasteiger partial charge in [-0.05, 0) is 36.1 Å². The van der Waals surface area contributed by atoms with Crippen LogP contribution >= 0.6 is 0 Å². The largest absolute Gasteiger partial charge is 0.478 e. The summed E-state index contributed by atoms with van der Waals surface area (Å²) in [6.07, 6.45) is 0. The van der Waals surface area contributed by atoms with Gasteiger partial charge in [-0.3, -0.25) is 4.79 Å². The van der Waals surface area contributed by atoms with Crippen molar-refractivity contribution >= 4 is 11.9 Å². The summed E-state index contributed by atoms with van der Waals surface area (Å²) in [5.41, 5.74) is 1.28. The zero-order valence-corrected chi connectivity index (χ0v) is 11.2. The molecule has 0 spiro atoms. The second-order valence-electron chi connectivity index (χ2n) is 5.64. The van der Waals surface area contributed by atoms with E-state index in [2.05, 4.69) is 5.32 Å². The van der Waals surface area contributed by atoms with E-state index >= 15 is 0 Å². The molecule has 0 atom stereocenters. The highest BCUT2D eigenvalue weighted by atomic mass is 16.4. The SMILES string of the molecule is Cc1cc(C(=O)O)cc(C(=O)NCC(C)(C)C)c1. The molecule has 1 aromatic rings. The Morgan fingerprint density at radius 3 is 2.22 bits per heavy atom. The number of aromatic carboxylic acids is 1.